The fraction of sp³-hybridized carbons (Fsp3) is 0.111. The molecule has 0 radical (unpaired) electrons. The van der Waals surface area contributed by atoms with Crippen LogP contribution in [0.5, 0.6) is 23.0 Å². The molecule has 2 N–H and O–H groups in total. The maximum absolute atomic E-state index is 12.3. The fourth-order valence-corrected chi connectivity index (χ4v) is 3.85. The van der Waals surface area contributed by atoms with Crippen LogP contribution in [0.1, 0.15) is 17.0 Å². The molecule has 3 aromatic carbocycles. The summed E-state index contributed by atoms with van der Waals surface area (Å²) in [4.78, 5) is 12.3. The van der Waals surface area contributed by atoms with Crippen LogP contribution < -0.4 is 24.7 Å². The van der Waals surface area contributed by atoms with E-state index in [1.807, 2.05) is 36.4 Å². The first kappa shape index (κ1) is 23.9. The summed E-state index contributed by atoms with van der Waals surface area (Å²) in [6, 6.07) is 21.6. The Hall–Kier alpha value is -4.22. The Morgan fingerprint density at radius 2 is 1.71 bits per heavy atom. The van der Waals surface area contributed by atoms with Crippen LogP contribution in [0.4, 0.5) is 0 Å². The summed E-state index contributed by atoms with van der Waals surface area (Å²) in [7, 11) is 0. The molecule has 176 valence electrons. The Balaban J connectivity index is 1.52. The van der Waals surface area contributed by atoms with Gasteiger partial charge in [0.25, 0.3) is 0 Å². The van der Waals surface area contributed by atoms with Gasteiger partial charge in [-0.15, -0.1) is 0 Å². The average molecular weight is 533 g/mol. The first-order valence-electron chi connectivity index (χ1n) is 10.6. The van der Waals surface area contributed by atoms with Gasteiger partial charge in [-0.1, -0.05) is 46.8 Å². The van der Waals surface area contributed by atoms with Gasteiger partial charge in [0.1, 0.15) is 41.2 Å². The number of allylic oxidation sites excluding steroid dienone is 1. The maximum atomic E-state index is 12.3. The highest BCUT2D eigenvalue weighted by Gasteiger charge is 2.31. The van der Waals surface area contributed by atoms with E-state index in [1.54, 1.807) is 36.4 Å². The van der Waals surface area contributed by atoms with Crippen molar-refractivity contribution in [3.05, 3.63) is 106 Å². The fourth-order valence-electron chi connectivity index (χ4n) is 3.59. The molecule has 0 saturated carbocycles. The summed E-state index contributed by atoms with van der Waals surface area (Å²) < 4.78 is 23.0. The molecule has 0 bridgehead atoms. The molecule has 1 atom stereocenters. The first-order valence-corrected chi connectivity index (χ1v) is 11.4. The number of carbonyl (C=O) groups excluding carboxylic acids is 1. The Morgan fingerprint density at radius 1 is 1.06 bits per heavy atom. The Bertz CT molecular complexity index is 1310. The lowest BCUT2D eigenvalue weighted by atomic mass is 9.83. The number of nitrogens with two attached hydrogens (primary N) is 1. The second-order valence-electron chi connectivity index (χ2n) is 7.51. The molecule has 0 fully saturated rings. The van der Waals surface area contributed by atoms with Crippen molar-refractivity contribution >= 4 is 21.9 Å². The normalized spacial score (nSPS) is 14.2. The molecular weight excluding hydrogens is 512 g/mol. The third kappa shape index (κ3) is 5.65. The van der Waals surface area contributed by atoms with Crippen molar-refractivity contribution in [3.8, 4) is 29.1 Å². The molecule has 35 heavy (non-hydrogen) atoms. The van der Waals surface area contributed by atoms with Gasteiger partial charge in [-0.2, -0.15) is 5.26 Å². The number of carbonyl (C=O) groups is 1. The van der Waals surface area contributed by atoms with Gasteiger partial charge in [0.05, 0.1) is 5.92 Å². The molecule has 0 amide bonds. The van der Waals surface area contributed by atoms with Crippen molar-refractivity contribution in [3.63, 3.8) is 0 Å². The number of halogens is 1. The predicted octanol–water partition coefficient (Wildman–Crippen LogP) is 5.22. The summed E-state index contributed by atoms with van der Waals surface area (Å²) in [6.45, 7) is 3.77. The van der Waals surface area contributed by atoms with E-state index < -0.39 is 11.9 Å². The van der Waals surface area contributed by atoms with Crippen molar-refractivity contribution in [1.29, 1.82) is 5.26 Å². The SMILES string of the molecule is C=CCOc1ccc(C2C(C#N)=C(N)Oc3cc(OC(=O)COc4ccc(Br)cc4)ccc32)cc1. The quantitative estimate of drug-likeness (QED) is 0.241. The number of fused-ring (bicyclic) bond motifs is 1. The molecule has 0 saturated heterocycles. The highest BCUT2D eigenvalue weighted by atomic mass is 79.9. The molecule has 0 spiro atoms. The highest BCUT2D eigenvalue weighted by Crippen LogP contribution is 2.43. The number of esters is 1. The smallest absolute Gasteiger partial charge is 0.349 e. The molecule has 4 rings (SSSR count). The van der Waals surface area contributed by atoms with Gasteiger partial charge in [0.2, 0.25) is 5.88 Å². The molecule has 0 aliphatic carbocycles. The van der Waals surface area contributed by atoms with Crippen LogP contribution >= 0.6 is 15.9 Å². The van der Waals surface area contributed by atoms with Gasteiger partial charge in [-0.25, -0.2) is 4.79 Å². The first-order chi connectivity index (χ1) is 17.0. The predicted molar refractivity (Wildman–Crippen MR) is 133 cm³/mol. The van der Waals surface area contributed by atoms with E-state index in [9.17, 15) is 10.1 Å². The van der Waals surface area contributed by atoms with Crippen LogP contribution in [0.2, 0.25) is 0 Å². The monoisotopic (exact) mass is 532 g/mol. The van der Waals surface area contributed by atoms with E-state index in [2.05, 4.69) is 28.6 Å². The minimum Gasteiger partial charge on any atom is -0.490 e. The topological polar surface area (TPSA) is 104 Å². The lowest BCUT2D eigenvalue weighted by Crippen LogP contribution is -2.21. The van der Waals surface area contributed by atoms with E-state index in [0.717, 1.165) is 15.6 Å². The van der Waals surface area contributed by atoms with Gasteiger partial charge in [0, 0.05) is 16.1 Å². The van der Waals surface area contributed by atoms with Crippen LogP contribution in [0.15, 0.2) is 95.3 Å². The van der Waals surface area contributed by atoms with E-state index in [1.165, 1.54) is 0 Å². The minimum atomic E-state index is -0.573. The molecule has 0 aromatic heterocycles. The van der Waals surface area contributed by atoms with Crippen molar-refractivity contribution in [2.24, 2.45) is 5.73 Å². The molecule has 1 aliphatic heterocycles. The van der Waals surface area contributed by atoms with Crippen LogP contribution in [0.3, 0.4) is 0 Å². The standard InChI is InChI=1S/C27H21BrN2O5/c1-2-13-32-19-7-3-17(4-8-19)26-22-12-11-21(14-24(22)35-27(30)23(26)15-29)34-25(31)16-33-20-9-5-18(28)6-10-20/h2-12,14,26H,1,13,16,30H2. The average Bonchev–Trinajstić information content (AvgIpc) is 2.86. The number of rotatable bonds is 8. The Kier molecular flexibility index (Phi) is 7.38. The molecule has 1 unspecified atom stereocenters. The Morgan fingerprint density at radius 3 is 2.40 bits per heavy atom. The number of benzene rings is 3. The summed E-state index contributed by atoms with van der Waals surface area (Å²) in [6.07, 6.45) is 1.66. The molecular formula is C27H21BrN2O5. The van der Waals surface area contributed by atoms with Crippen molar-refractivity contribution in [2.75, 3.05) is 13.2 Å². The number of hydrogen-bond donors (Lipinski definition) is 1. The van der Waals surface area contributed by atoms with Gasteiger partial charge < -0.3 is 24.7 Å². The lowest BCUT2D eigenvalue weighted by molar-refractivity contribution is -0.136. The third-order valence-electron chi connectivity index (χ3n) is 5.17. The number of nitrogens with zero attached hydrogens (tertiary/aromatic N) is 1. The van der Waals surface area contributed by atoms with E-state index >= 15 is 0 Å². The zero-order valence-electron chi connectivity index (χ0n) is 18.6. The number of ether oxygens (including phenoxy) is 4. The lowest BCUT2D eigenvalue weighted by Gasteiger charge is -2.26. The molecule has 7 nitrogen and oxygen atoms in total. The molecule has 1 aliphatic rings. The summed E-state index contributed by atoms with van der Waals surface area (Å²) in [5, 5.41) is 9.74. The summed E-state index contributed by atoms with van der Waals surface area (Å²) in [5.41, 5.74) is 7.93. The Labute approximate surface area is 211 Å². The molecule has 1 heterocycles. The zero-order valence-corrected chi connectivity index (χ0v) is 20.2. The summed E-state index contributed by atoms with van der Waals surface area (Å²) in [5.74, 6) is 0.887. The van der Waals surface area contributed by atoms with Gasteiger partial charge >= 0.3 is 5.97 Å². The van der Waals surface area contributed by atoms with Gasteiger partial charge in [-0.05, 0) is 48.0 Å². The van der Waals surface area contributed by atoms with Crippen LogP contribution in [-0.2, 0) is 4.79 Å². The number of nitriles is 1. The molecule has 3 aromatic rings. The third-order valence-corrected chi connectivity index (χ3v) is 5.70. The number of hydrogen-bond acceptors (Lipinski definition) is 7. The second kappa shape index (κ2) is 10.8. The highest BCUT2D eigenvalue weighted by molar-refractivity contribution is 9.10. The van der Waals surface area contributed by atoms with Crippen LogP contribution in [0.25, 0.3) is 0 Å². The van der Waals surface area contributed by atoms with Gasteiger partial charge in [0.15, 0.2) is 6.61 Å². The van der Waals surface area contributed by atoms with Crippen LogP contribution in [-0.4, -0.2) is 19.2 Å². The minimum absolute atomic E-state index is 0.000896. The van der Waals surface area contributed by atoms with Crippen LogP contribution in [0, 0.1) is 11.3 Å². The van der Waals surface area contributed by atoms with Crippen molar-refractivity contribution in [1.82, 2.24) is 0 Å². The second-order valence-corrected chi connectivity index (χ2v) is 8.43. The van der Waals surface area contributed by atoms with Crippen molar-refractivity contribution < 1.29 is 23.7 Å². The van der Waals surface area contributed by atoms with Crippen molar-refractivity contribution in [2.45, 2.75) is 5.92 Å². The zero-order chi connectivity index (χ0) is 24.8. The van der Waals surface area contributed by atoms with E-state index in [-0.39, 0.29) is 18.2 Å². The summed E-state index contributed by atoms with van der Waals surface area (Å²) >= 11 is 3.35. The molecule has 8 heteroatoms. The van der Waals surface area contributed by atoms with E-state index in [4.69, 9.17) is 24.7 Å². The van der Waals surface area contributed by atoms with Gasteiger partial charge in [-0.3, -0.25) is 0 Å². The van der Waals surface area contributed by atoms with E-state index in [0.29, 0.717) is 29.4 Å². The largest absolute Gasteiger partial charge is 0.490 e. The maximum Gasteiger partial charge on any atom is 0.349 e.